The minimum Gasteiger partial charge on any atom is -0.496 e. The van der Waals surface area contributed by atoms with Crippen molar-refractivity contribution in [2.24, 2.45) is 0 Å². The van der Waals surface area contributed by atoms with Crippen LogP contribution in [0.5, 0.6) is 5.75 Å². The van der Waals surface area contributed by atoms with Crippen molar-refractivity contribution in [1.82, 2.24) is 19.9 Å². The Morgan fingerprint density at radius 3 is 3.00 bits per heavy atom. The molecule has 0 amide bonds. The first-order valence-electron chi connectivity index (χ1n) is 5.63. The average Bonchev–Trinajstić information content (AvgIpc) is 2.81. The van der Waals surface area contributed by atoms with E-state index in [2.05, 4.69) is 19.9 Å². The molecule has 18 heavy (non-hydrogen) atoms. The monoisotopic (exact) mass is 240 g/mol. The molecule has 0 aliphatic rings. The molecule has 5 heteroatoms. The first-order valence-corrected chi connectivity index (χ1v) is 5.63. The highest BCUT2D eigenvalue weighted by molar-refractivity contribution is 5.68. The molecule has 2 heterocycles. The van der Waals surface area contributed by atoms with Crippen molar-refractivity contribution in [1.29, 1.82) is 0 Å². The molecule has 0 atom stereocenters. The third-order valence-corrected chi connectivity index (χ3v) is 2.76. The summed E-state index contributed by atoms with van der Waals surface area (Å²) in [6.07, 6.45) is 3.90. The van der Waals surface area contributed by atoms with Gasteiger partial charge in [0.1, 0.15) is 23.4 Å². The molecule has 3 aromatic rings. The molecule has 1 aromatic carbocycles. The van der Waals surface area contributed by atoms with Crippen molar-refractivity contribution in [2.75, 3.05) is 7.11 Å². The summed E-state index contributed by atoms with van der Waals surface area (Å²) in [6.45, 7) is 0. The van der Waals surface area contributed by atoms with E-state index in [4.69, 9.17) is 4.74 Å². The predicted octanol–water partition coefficient (Wildman–Crippen LogP) is 1.95. The quantitative estimate of drug-likeness (QED) is 0.760. The number of aromatic nitrogens is 4. The highest BCUT2D eigenvalue weighted by atomic mass is 16.5. The zero-order valence-electron chi connectivity index (χ0n) is 9.92. The number of imidazole rings is 1. The van der Waals surface area contributed by atoms with Gasteiger partial charge in [-0.3, -0.25) is 0 Å². The highest BCUT2D eigenvalue weighted by Crippen LogP contribution is 2.20. The normalized spacial score (nSPS) is 10.7. The average molecular weight is 240 g/mol. The van der Waals surface area contributed by atoms with Crippen LogP contribution in [-0.2, 0) is 6.42 Å². The third-order valence-electron chi connectivity index (χ3n) is 2.76. The van der Waals surface area contributed by atoms with E-state index in [1.54, 1.807) is 13.3 Å². The fourth-order valence-corrected chi connectivity index (χ4v) is 1.92. The van der Waals surface area contributed by atoms with Gasteiger partial charge in [0.25, 0.3) is 0 Å². The molecular weight excluding hydrogens is 228 g/mol. The van der Waals surface area contributed by atoms with E-state index in [-0.39, 0.29) is 0 Å². The van der Waals surface area contributed by atoms with Crippen molar-refractivity contribution in [3.05, 3.63) is 48.2 Å². The Bertz CT molecular complexity index is 644. The van der Waals surface area contributed by atoms with Gasteiger partial charge in [-0.25, -0.2) is 15.0 Å². The molecule has 0 spiro atoms. The molecule has 2 aromatic heterocycles. The van der Waals surface area contributed by atoms with Gasteiger partial charge in [0.15, 0.2) is 5.65 Å². The molecular formula is C13H12N4O. The number of aromatic amines is 1. The second-order valence-electron chi connectivity index (χ2n) is 3.93. The van der Waals surface area contributed by atoms with E-state index in [1.165, 1.54) is 6.33 Å². The van der Waals surface area contributed by atoms with Crippen LogP contribution in [0.15, 0.2) is 36.8 Å². The lowest BCUT2D eigenvalue weighted by molar-refractivity contribution is 0.410. The maximum absolute atomic E-state index is 5.32. The Kier molecular flexibility index (Phi) is 2.64. The van der Waals surface area contributed by atoms with Crippen molar-refractivity contribution in [3.63, 3.8) is 0 Å². The summed E-state index contributed by atoms with van der Waals surface area (Å²) in [5.41, 5.74) is 2.63. The summed E-state index contributed by atoms with van der Waals surface area (Å²) < 4.78 is 5.32. The molecule has 0 saturated heterocycles. The number of nitrogens with zero attached hydrogens (tertiary/aromatic N) is 3. The first-order chi connectivity index (χ1) is 8.86. The standard InChI is InChI=1S/C13H12N4O/c1-18-11-5-3-2-4-9(11)6-12-16-10-7-14-8-15-13(10)17-12/h2-5,7-8H,6H2,1H3,(H,14,15,16,17). The molecule has 1 N–H and O–H groups in total. The van der Waals surface area contributed by atoms with E-state index in [0.29, 0.717) is 12.1 Å². The van der Waals surface area contributed by atoms with Gasteiger partial charge in [0, 0.05) is 12.0 Å². The molecule has 0 bridgehead atoms. The van der Waals surface area contributed by atoms with Crippen molar-refractivity contribution >= 4 is 11.2 Å². The number of hydrogen-bond acceptors (Lipinski definition) is 4. The highest BCUT2D eigenvalue weighted by Gasteiger charge is 2.07. The Balaban J connectivity index is 1.96. The van der Waals surface area contributed by atoms with Crippen LogP contribution in [0.4, 0.5) is 0 Å². The van der Waals surface area contributed by atoms with Gasteiger partial charge in [-0.1, -0.05) is 18.2 Å². The molecule has 3 rings (SSSR count). The second kappa shape index (κ2) is 4.44. The fraction of sp³-hybridized carbons (Fsp3) is 0.154. The Morgan fingerprint density at radius 1 is 1.28 bits per heavy atom. The molecule has 90 valence electrons. The lowest BCUT2D eigenvalue weighted by Gasteiger charge is -2.05. The number of rotatable bonds is 3. The Morgan fingerprint density at radius 2 is 2.17 bits per heavy atom. The van der Waals surface area contributed by atoms with E-state index in [1.807, 2.05) is 24.3 Å². The zero-order chi connectivity index (χ0) is 12.4. The van der Waals surface area contributed by atoms with Crippen LogP contribution < -0.4 is 4.74 Å². The van der Waals surface area contributed by atoms with Gasteiger partial charge in [-0.05, 0) is 6.07 Å². The number of hydrogen-bond donors (Lipinski definition) is 1. The van der Waals surface area contributed by atoms with Crippen LogP contribution >= 0.6 is 0 Å². The smallest absolute Gasteiger partial charge is 0.180 e. The molecule has 0 unspecified atom stereocenters. The fourth-order valence-electron chi connectivity index (χ4n) is 1.92. The minimum atomic E-state index is 0.681. The second-order valence-corrected chi connectivity index (χ2v) is 3.93. The Hall–Kier alpha value is -2.43. The third kappa shape index (κ3) is 1.90. The zero-order valence-corrected chi connectivity index (χ0v) is 9.92. The number of para-hydroxylation sites is 1. The van der Waals surface area contributed by atoms with E-state index in [9.17, 15) is 0 Å². The van der Waals surface area contributed by atoms with Gasteiger partial charge in [-0.2, -0.15) is 0 Å². The van der Waals surface area contributed by atoms with E-state index < -0.39 is 0 Å². The maximum Gasteiger partial charge on any atom is 0.180 e. The topological polar surface area (TPSA) is 63.7 Å². The van der Waals surface area contributed by atoms with E-state index in [0.717, 1.165) is 22.7 Å². The molecule has 0 aliphatic carbocycles. The molecule has 5 nitrogen and oxygen atoms in total. The number of ether oxygens (including phenoxy) is 1. The summed E-state index contributed by atoms with van der Waals surface area (Å²) >= 11 is 0. The van der Waals surface area contributed by atoms with Crippen LogP contribution in [0, 0.1) is 0 Å². The van der Waals surface area contributed by atoms with Gasteiger partial charge in [-0.15, -0.1) is 0 Å². The van der Waals surface area contributed by atoms with Crippen molar-refractivity contribution in [2.45, 2.75) is 6.42 Å². The summed E-state index contributed by atoms with van der Waals surface area (Å²) in [6, 6.07) is 7.91. The number of methoxy groups -OCH3 is 1. The van der Waals surface area contributed by atoms with E-state index >= 15 is 0 Å². The van der Waals surface area contributed by atoms with Crippen LogP contribution in [0.1, 0.15) is 11.4 Å². The largest absolute Gasteiger partial charge is 0.496 e. The molecule has 0 fully saturated rings. The molecule has 0 aliphatic heterocycles. The van der Waals surface area contributed by atoms with Crippen LogP contribution in [0.2, 0.25) is 0 Å². The number of fused-ring (bicyclic) bond motifs is 1. The molecule has 0 saturated carbocycles. The lowest BCUT2D eigenvalue weighted by atomic mass is 10.1. The van der Waals surface area contributed by atoms with Gasteiger partial charge in [0.2, 0.25) is 0 Å². The lowest BCUT2D eigenvalue weighted by Crippen LogP contribution is -1.94. The van der Waals surface area contributed by atoms with Crippen molar-refractivity contribution in [3.8, 4) is 5.75 Å². The van der Waals surface area contributed by atoms with Gasteiger partial charge < -0.3 is 9.72 Å². The summed E-state index contributed by atoms with van der Waals surface area (Å²) in [7, 11) is 1.67. The van der Waals surface area contributed by atoms with Crippen LogP contribution in [0.3, 0.4) is 0 Å². The molecule has 0 radical (unpaired) electrons. The SMILES string of the molecule is COc1ccccc1Cc1nc2ncncc2[nH]1. The summed E-state index contributed by atoms with van der Waals surface area (Å²) in [5.74, 6) is 1.72. The Labute approximate surface area is 104 Å². The number of benzene rings is 1. The number of H-pyrrole nitrogens is 1. The van der Waals surface area contributed by atoms with Gasteiger partial charge >= 0.3 is 0 Å². The predicted molar refractivity (Wildman–Crippen MR) is 67.5 cm³/mol. The maximum atomic E-state index is 5.32. The van der Waals surface area contributed by atoms with Crippen LogP contribution in [0.25, 0.3) is 11.2 Å². The van der Waals surface area contributed by atoms with Gasteiger partial charge in [0.05, 0.1) is 13.3 Å². The van der Waals surface area contributed by atoms with Crippen molar-refractivity contribution < 1.29 is 4.74 Å². The summed E-state index contributed by atoms with van der Waals surface area (Å²) in [5, 5.41) is 0. The van der Waals surface area contributed by atoms with Crippen LogP contribution in [-0.4, -0.2) is 27.0 Å². The number of nitrogens with one attached hydrogen (secondary N) is 1. The first kappa shape index (κ1) is 10.7. The minimum absolute atomic E-state index is 0.681. The summed E-state index contributed by atoms with van der Waals surface area (Å²) in [4.78, 5) is 15.7.